The Labute approximate surface area is 125 Å². The van der Waals surface area contributed by atoms with Crippen molar-refractivity contribution in [3.05, 3.63) is 64.6 Å². The van der Waals surface area contributed by atoms with Crippen LogP contribution in [0, 0.1) is 0 Å². The second kappa shape index (κ2) is 5.80. The zero-order valence-corrected chi connectivity index (χ0v) is 11.8. The molecule has 0 amide bonds. The fourth-order valence-electron chi connectivity index (χ4n) is 1.84. The van der Waals surface area contributed by atoms with Gasteiger partial charge in [0.15, 0.2) is 0 Å². The van der Waals surface area contributed by atoms with Crippen LogP contribution in [0.2, 0.25) is 0 Å². The molecule has 1 aromatic carbocycles. The van der Waals surface area contributed by atoms with Gasteiger partial charge in [-0.2, -0.15) is 5.10 Å². The number of carboxylic acids is 1. The van der Waals surface area contributed by atoms with Crippen molar-refractivity contribution in [2.24, 2.45) is 0 Å². The summed E-state index contributed by atoms with van der Waals surface area (Å²) >= 11 is 1.16. The summed E-state index contributed by atoms with van der Waals surface area (Å²) in [7, 11) is 0. The third-order valence-electron chi connectivity index (χ3n) is 2.90. The average molecular weight is 300 g/mol. The third kappa shape index (κ3) is 3.11. The van der Waals surface area contributed by atoms with Crippen molar-refractivity contribution in [2.75, 3.05) is 0 Å². The van der Waals surface area contributed by atoms with Crippen LogP contribution in [0.1, 0.15) is 15.2 Å². The van der Waals surface area contributed by atoms with E-state index in [9.17, 15) is 4.79 Å². The molecular formula is C15H12N2O3S. The highest BCUT2D eigenvalue weighted by Gasteiger charge is 2.07. The van der Waals surface area contributed by atoms with Gasteiger partial charge in [0.2, 0.25) is 0 Å². The molecule has 106 valence electrons. The monoisotopic (exact) mass is 300 g/mol. The number of aromatic carboxylic acids is 1. The van der Waals surface area contributed by atoms with Crippen molar-refractivity contribution in [2.45, 2.75) is 6.61 Å². The molecule has 0 unspecified atom stereocenters. The van der Waals surface area contributed by atoms with Gasteiger partial charge in [-0.3, -0.25) is 0 Å². The summed E-state index contributed by atoms with van der Waals surface area (Å²) in [5, 5.41) is 14.7. The second-order valence-corrected chi connectivity index (χ2v) is 5.27. The van der Waals surface area contributed by atoms with Gasteiger partial charge in [-0.25, -0.2) is 9.48 Å². The number of aromatic nitrogens is 2. The Morgan fingerprint density at radius 3 is 2.76 bits per heavy atom. The van der Waals surface area contributed by atoms with Gasteiger partial charge in [0.25, 0.3) is 0 Å². The van der Waals surface area contributed by atoms with E-state index in [1.54, 1.807) is 16.3 Å². The maximum atomic E-state index is 10.8. The van der Waals surface area contributed by atoms with E-state index >= 15 is 0 Å². The third-order valence-corrected chi connectivity index (χ3v) is 3.79. The first-order chi connectivity index (χ1) is 10.2. The molecule has 0 aliphatic heterocycles. The van der Waals surface area contributed by atoms with Gasteiger partial charge in [0.1, 0.15) is 17.2 Å². The minimum absolute atomic E-state index is 0.277. The topological polar surface area (TPSA) is 64.3 Å². The first kappa shape index (κ1) is 13.4. The first-order valence-electron chi connectivity index (χ1n) is 6.26. The Morgan fingerprint density at radius 2 is 2.14 bits per heavy atom. The van der Waals surface area contributed by atoms with Gasteiger partial charge >= 0.3 is 5.97 Å². The Balaban J connectivity index is 1.64. The van der Waals surface area contributed by atoms with Gasteiger partial charge < -0.3 is 9.84 Å². The summed E-state index contributed by atoms with van der Waals surface area (Å²) < 4.78 is 7.36. The van der Waals surface area contributed by atoms with Crippen LogP contribution >= 0.6 is 11.3 Å². The fourth-order valence-corrected chi connectivity index (χ4v) is 2.50. The summed E-state index contributed by atoms with van der Waals surface area (Å²) in [4.78, 5) is 11.1. The molecule has 0 aliphatic rings. The minimum Gasteiger partial charge on any atom is -0.488 e. The van der Waals surface area contributed by atoms with Crippen LogP contribution in [0.3, 0.4) is 0 Å². The van der Waals surface area contributed by atoms with E-state index in [0.29, 0.717) is 12.4 Å². The number of ether oxygens (including phenoxy) is 1. The molecule has 0 aliphatic carbocycles. The number of benzene rings is 1. The summed E-state index contributed by atoms with van der Waals surface area (Å²) in [6.45, 7) is 0.398. The van der Waals surface area contributed by atoms with Crippen LogP contribution in [0.4, 0.5) is 0 Å². The lowest BCUT2D eigenvalue weighted by molar-refractivity contribution is 0.0702. The van der Waals surface area contributed by atoms with Gasteiger partial charge in [0, 0.05) is 23.8 Å². The molecule has 5 nitrogen and oxygen atoms in total. The molecule has 0 atom stereocenters. The molecule has 2 aromatic heterocycles. The van der Waals surface area contributed by atoms with Crippen LogP contribution in [0.25, 0.3) is 5.69 Å². The maximum absolute atomic E-state index is 10.8. The van der Waals surface area contributed by atoms with Crippen LogP contribution in [0.5, 0.6) is 5.75 Å². The molecule has 0 fully saturated rings. The number of rotatable bonds is 5. The molecule has 21 heavy (non-hydrogen) atoms. The molecule has 1 N–H and O–H groups in total. The molecule has 0 bridgehead atoms. The summed E-state index contributed by atoms with van der Waals surface area (Å²) in [6.07, 6.45) is 3.61. The SMILES string of the molecule is O=C(O)c1cc(OCc2ccc(-n3cccn3)cc2)cs1. The Bertz CT molecular complexity index is 733. The molecule has 3 rings (SSSR count). The highest BCUT2D eigenvalue weighted by Crippen LogP contribution is 2.22. The standard InChI is InChI=1S/C15H12N2O3S/c18-15(19)14-8-13(10-21-14)20-9-11-2-4-12(5-3-11)17-7-1-6-16-17/h1-8,10H,9H2,(H,18,19). The summed E-state index contributed by atoms with van der Waals surface area (Å²) in [6, 6.07) is 11.2. The lowest BCUT2D eigenvalue weighted by atomic mass is 10.2. The maximum Gasteiger partial charge on any atom is 0.346 e. The average Bonchev–Trinajstić information content (AvgIpc) is 3.17. The first-order valence-corrected chi connectivity index (χ1v) is 7.14. The molecule has 2 heterocycles. The number of carbonyl (C=O) groups is 1. The molecule has 0 saturated heterocycles. The zero-order valence-electron chi connectivity index (χ0n) is 11.0. The number of carboxylic acid groups (broad SMARTS) is 1. The smallest absolute Gasteiger partial charge is 0.346 e. The minimum atomic E-state index is -0.932. The van der Waals surface area contributed by atoms with Crippen LogP contribution in [0.15, 0.2) is 54.2 Å². The lowest BCUT2D eigenvalue weighted by Gasteiger charge is -2.05. The van der Waals surface area contributed by atoms with E-state index in [-0.39, 0.29) is 4.88 Å². The zero-order chi connectivity index (χ0) is 14.7. The largest absolute Gasteiger partial charge is 0.488 e. The Hall–Kier alpha value is -2.60. The normalized spacial score (nSPS) is 10.5. The number of thiophene rings is 1. The van der Waals surface area contributed by atoms with E-state index < -0.39 is 5.97 Å². The molecule has 0 saturated carbocycles. The number of hydrogen-bond donors (Lipinski definition) is 1. The van der Waals surface area contributed by atoms with E-state index in [1.807, 2.05) is 36.5 Å². The highest BCUT2D eigenvalue weighted by molar-refractivity contribution is 7.12. The van der Waals surface area contributed by atoms with E-state index in [0.717, 1.165) is 22.6 Å². The predicted molar refractivity (Wildman–Crippen MR) is 79.2 cm³/mol. The molecule has 0 radical (unpaired) electrons. The van der Waals surface area contributed by atoms with Crippen molar-refractivity contribution < 1.29 is 14.6 Å². The van der Waals surface area contributed by atoms with Crippen molar-refractivity contribution in [1.29, 1.82) is 0 Å². The quantitative estimate of drug-likeness (QED) is 0.786. The van der Waals surface area contributed by atoms with E-state index in [2.05, 4.69) is 5.10 Å². The van der Waals surface area contributed by atoms with Gasteiger partial charge in [0.05, 0.1) is 5.69 Å². The second-order valence-electron chi connectivity index (χ2n) is 4.36. The van der Waals surface area contributed by atoms with Crippen molar-refractivity contribution in [1.82, 2.24) is 9.78 Å². The molecular weight excluding hydrogens is 288 g/mol. The van der Waals surface area contributed by atoms with E-state index in [1.165, 1.54) is 6.07 Å². The highest BCUT2D eigenvalue weighted by atomic mass is 32.1. The van der Waals surface area contributed by atoms with Gasteiger partial charge in [-0.1, -0.05) is 12.1 Å². The summed E-state index contributed by atoms with van der Waals surface area (Å²) in [5.74, 6) is -0.355. The molecule has 6 heteroatoms. The fraction of sp³-hybridized carbons (Fsp3) is 0.0667. The van der Waals surface area contributed by atoms with Crippen LogP contribution in [-0.4, -0.2) is 20.9 Å². The van der Waals surface area contributed by atoms with Gasteiger partial charge in [-0.15, -0.1) is 11.3 Å². The number of hydrogen-bond acceptors (Lipinski definition) is 4. The van der Waals surface area contributed by atoms with Crippen LogP contribution in [-0.2, 0) is 6.61 Å². The Morgan fingerprint density at radius 1 is 1.33 bits per heavy atom. The lowest BCUT2D eigenvalue weighted by Crippen LogP contribution is -1.97. The predicted octanol–water partition coefficient (Wildman–Crippen LogP) is 3.21. The summed E-state index contributed by atoms with van der Waals surface area (Å²) in [5.41, 5.74) is 1.99. The van der Waals surface area contributed by atoms with Gasteiger partial charge in [-0.05, 0) is 23.8 Å². The Kier molecular flexibility index (Phi) is 3.70. The molecule has 0 spiro atoms. The van der Waals surface area contributed by atoms with E-state index in [4.69, 9.17) is 9.84 Å². The van der Waals surface area contributed by atoms with Crippen molar-refractivity contribution in [3.63, 3.8) is 0 Å². The van der Waals surface area contributed by atoms with Crippen molar-refractivity contribution >= 4 is 17.3 Å². The van der Waals surface area contributed by atoms with Crippen molar-refractivity contribution in [3.8, 4) is 11.4 Å². The van der Waals surface area contributed by atoms with Crippen LogP contribution < -0.4 is 4.74 Å². The number of nitrogens with zero attached hydrogens (tertiary/aromatic N) is 2. The molecule has 3 aromatic rings.